The lowest BCUT2D eigenvalue weighted by atomic mass is 9.77. The van der Waals surface area contributed by atoms with Gasteiger partial charge in [0.1, 0.15) is 5.82 Å². The molecule has 1 N–H and O–H groups in total. The minimum Gasteiger partial charge on any atom is -0.341 e. The van der Waals surface area contributed by atoms with Crippen LogP contribution in [-0.4, -0.2) is 30.9 Å². The Bertz CT molecular complexity index is 452. The van der Waals surface area contributed by atoms with Gasteiger partial charge < -0.3 is 10.2 Å². The highest BCUT2D eigenvalue weighted by Crippen LogP contribution is 2.32. The highest BCUT2D eigenvalue weighted by atomic mass is 19.1. The summed E-state index contributed by atoms with van der Waals surface area (Å²) >= 11 is 0. The van der Waals surface area contributed by atoms with Crippen LogP contribution in [0.1, 0.15) is 31.7 Å². The number of rotatable bonds is 4. The molecule has 0 spiro atoms. The van der Waals surface area contributed by atoms with Gasteiger partial charge in [-0.3, -0.25) is 4.79 Å². The summed E-state index contributed by atoms with van der Waals surface area (Å²) in [7, 11) is 1.83. The molecule has 1 aliphatic rings. The molecule has 0 bridgehead atoms. The van der Waals surface area contributed by atoms with Crippen molar-refractivity contribution in [3.05, 3.63) is 35.6 Å². The zero-order valence-corrected chi connectivity index (χ0v) is 12.3. The Morgan fingerprint density at radius 1 is 1.40 bits per heavy atom. The standard InChI is InChI=1S/C16H23FN2O/c1-3-16(9-4-10-18-12-16)15(20)19(2)11-13-5-7-14(17)8-6-13/h5-8,18H,3-4,9-12H2,1-2H3. The summed E-state index contributed by atoms with van der Waals surface area (Å²) in [5.41, 5.74) is 0.685. The van der Waals surface area contributed by atoms with E-state index in [0.29, 0.717) is 6.54 Å². The van der Waals surface area contributed by atoms with Gasteiger partial charge in [0.05, 0.1) is 5.41 Å². The molecule has 0 aromatic heterocycles. The number of benzene rings is 1. The van der Waals surface area contributed by atoms with Crippen LogP contribution in [-0.2, 0) is 11.3 Å². The molecule has 1 aromatic rings. The van der Waals surface area contributed by atoms with E-state index in [1.54, 1.807) is 17.0 Å². The van der Waals surface area contributed by atoms with E-state index >= 15 is 0 Å². The van der Waals surface area contributed by atoms with Crippen molar-refractivity contribution in [2.24, 2.45) is 5.41 Å². The number of piperidine rings is 1. The van der Waals surface area contributed by atoms with Crippen molar-refractivity contribution < 1.29 is 9.18 Å². The fourth-order valence-electron chi connectivity index (χ4n) is 2.94. The molecule has 3 nitrogen and oxygen atoms in total. The first-order chi connectivity index (χ1) is 9.57. The van der Waals surface area contributed by atoms with Gasteiger partial charge >= 0.3 is 0 Å². The predicted octanol–water partition coefficient (Wildman–Crippen LogP) is 2.56. The lowest BCUT2D eigenvalue weighted by molar-refractivity contribution is -0.142. The monoisotopic (exact) mass is 278 g/mol. The molecule has 1 fully saturated rings. The average Bonchev–Trinajstić information content (AvgIpc) is 2.49. The third-order valence-corrected chi connectivity index (χ3v) is 4.28. The van der Waals surface area contributed by atoms with E-state index in [-0.39, 0.29) is 17.1 Å². The maximum atomic E-state index is 12.9. The van der Waals surface area contributed by atoms with Gasteiger partial charge in [0, 0.05) is 20.1 Å². The molecule has 4 heteroatoms. The summed E-state index contributed by atoms with van der Waals surface area (Å²) in [6.07, 6.45) is 2.85. The van der Waals surface area contributed by atoms with Crippen LogP contribution in [0.2, 0.25) is 0 Å². The molecule has 0 aliphatic carbocycles. The van der Waals surface area contributed by atoms with Crippen LogP contribution in [0.3, 0.4) is 0 Å². The molecule has 1 aromatic carbocycles. The zero-order valence-electron chi connectivity index (χ0n) is 12.3. The number of nitrogens with zero attached hydrogens (tertiary/aromatic N) is 1. The van der Waals surface area contributed by atoms with E-state index in [4.69, 9.17) is 0 Å². The Kier molecular flexibility index (Phi) is 4.76. The van der Waals surface area contributed by atoms with Gasteiger partial charge in [-0.15, -0.1) is 0 Å². The number of carbonyl (C=O) groups excluding carboxylic acids is 1. The Morgan fingerprint density at radius 3 is 2.65 bits per heavy atom. The van der Waals surface area contributed by atoms with Crippen LogP contribution in [0.5, 0.6) is 0 Å². The largest absolute Gasteiger partial charge is 0.341 e. The first-order valence-corrected chi connectivity index (χ1v) is 7.28. The molecule has 1 unspecified atom stereocenters. The summed E-state index contributed by atoms with van der Waals surface area (Å²) in [4.78, 5) is 14.5. The molecule has 0 saturated carbocycles. The first-order valence-electron chi connectivity index (χ1n) is 7.28. The van der Waals surface area contributed by atoms with Crippen molar-refractivity contribution in [1.82, 2.24) is 10.2 Å². The van der Waals surface area contributed by atoms with E-state index in [0.717, 1.165) is 37.9 Å². The lowest BCUT2D eigenvalue weighted by Crippen LogP contribution is -2.50. The van der Waals surface area contributed by atoms with Crippen LogP contribution in [0.25, 0.3) is 0 Å². The highest BCUT2D eigenvalue weighted by molar-refractivity contribution is 5.83. The van der Waals surface area contributed by atoms with Gasteiger partial charge in [0.2, 0.25) is 5.91 Å². The summed E-state index contributed by atoms with van der Waals surface area (Å²) in [5, 5.41) is 3.34. The fourth-order valence-corrected chi connectivity index (χ4v) is 2.94. The maximum Gasteiger partial charge on any atom is 0.230 e. The van der Waals surface area contributed by atoms with E-state index in [1.807, 2.05) is 7.05 Å². The van der Waals surface area contributed by atoms with Crippen LogP contribution in [0, 0.1) is 11.2 Å². The van der Waals surface area contributed by atoms with Crippen LogP contribution in [0.4, 0.5) is 4.39 Å². The summed E-state index contributed by atoms with van der Waals surface area (Å²) in [6, 6.07) is 6.34. The molecule has 1 atom stereocenters. The van der Waals surface area contributed by atoms with Gasteiger partial charge in [-0.25, -0.2) is 4.39 Å². The van der Waals surface area contributed by atoms with Crippen LogP contribution < -0.4 is 5.32 Å². The van der Waals surface area contributed by atoms with Crippen LogP contribution in [0.15, 0.2) is 24.3 Å². The van der Waals surface area contributed by atoms with Gasteiger partial charge in [-0.1, -0.05) is 19.1 Å². The lowest BCUT2D eigenvalue weighted by Gasteiger charge is -2.38. The molecule has 1 saturated heterocycles. The molecule has 110 valence electrons. The molecule has 20 heavy (non-hydrogen) atoms. The Morgan fingerprint density at radius 2 is 2.10 bits per heavy atom. The van der Waals surface area contributed by atoms with Crippen molar-refractivity contribution >= 4 is 5.91 Å². The molecular formula is C16H23FN2O. The number of halogens is 1. The maximum absolute atomic E-state index is 12.9. The van der Waals surface area contributed by atoms with E-state index in [1.165, 1.54) is 12.1 Å². The third kappa shape index (κ3) is 3.18. The Balaban J connectivity index is 2.05. The molecule has 1 heterocycles. The predicted molar refractivity (Wildman–Crippen MR) is 77.7 cm³/mol. The summed E-state index contributed by atoms with van der Waals surface area (Å²) < 4.78 is 12.9. The topological polar surface area (TPSA) is 32.3 Å². The number of carbonyl (C=O) groups is 1. The number of amides is 1. The van der Waals surface area contributed by atoms with Gasteiger partial charge in [-0.2, -0.15) is 0 Å². The van der Waals surface area contributed by atoms with E-state index in [9.17, 15) is 9.18 Å². The molecule has 1 aliphatic heterocycles. The molecule has 0 radical (unpaired) electrons. The summed E-state index contributed by atoms with van der Waals surface area (Å²) in [6.45, 7) is 4.37. The average molecular weight is 278 g/mol. The van der Waals surface area contributed by atoms with Crippen molar-refractivity contribution in [2.75, 3.05) is 20.1 Å². The van der Waals surface area contributed by atoms with Gasteiger partial charge in [0.25, 0.3) is 0 Å². The van der Waals surface area contributed by atoms with E-state index < -0.39 is 0 Å². The quantitative estimate of drug-likeness (QED) is 0.918. The summed E-state index contributed by atoms with van der Waals surface area (Å²) in [5.74, 6) is -0.0548. The smallest absolute Gasteiger partial charge is 0.230 e. The molecule has 1 amide bonds. The molecular weight excluding hydrogens is 255 g/mol. The van der Waals surface area contributed by atoms with Crippen molar-refractivity contribution in [3.8, 4) is 0 Å². The zero-order chi connectivity index (χ0) is 14.6. The fraction of sp³-hybridized carbons (Fsp3) is 0.562. The second kappa shape index (κ2) is 6.35. The second-order valence-electron chi connectivity index (χ2n) is 5.70. The van der Waals surface area contributed by atoms with Crippen molar-refractivity contribution in [2.45, 2.75) is 32.7 Å². The van der Waals surface area contributed by atoms with Crippen molar-refractivity contribution in [3.63, 3.8) is 0 Å². The van der Waals surface area contributed by atoms with Gasteiger partial charge in [0.15, 0.2) is 0 Å². The third-order valence-electron chi connectivity index (χ3n) is 4.28. The Labute approximate surface area is 120 Å². The first kappa shape index (κ1) is 15.0. The SMILES string of the molecule is CCC1(C(=O)N(C)Cc2ccc(F)cc2)CCCNC1. The number of hydrogen-bond donors (Lipinski definition) is 1. The van der Waals surface area contributed by atoms with Crippen LogP contribution >= 0.6 is 0 Å². The van der Waals surface area contributed by atoms with Crippen molar-refractivity contribution in [1.29, 1.82) is 0 Å². The van der Waals surface area contributed by atoms with Gasteiger partial charge in [-0.05, 0) is 43.5 Å². The van der Waals surface area contributed by atoms with E-state index in [2.05, 4.69) is 12.2 Å². The highest BCUT2D eigenvalue weighted by Gasteiger charge is 2.39. The Hall–Kier alpha value is -1.42. The second-order valence-corrected chi connectivity index (χ2v) is 5.70. The minimum atomic E-state index is -0.271. The molecule has 2 rings (SSSR count). The normalized spacial score (nSPS) is 22.6. The number of nitrogens with one attached hydrogen (secondary N) is 1. The minimum absolute atomic E-state index is 0.191. The number of hydrogen-bond acceptors (Lipinski definition) is 2.